The number of amides is 1. The Morgan fingerprint density at radius 3 is 2.32 bits per heavy atom. The zero-order valence-corrected chi connectivity index (χ0v) is 15.0. The molecule has 0 bridgehead atoms. The van der Waals surface area contributed by atoms with Gasteiger partial charge < -0.3 is 20.2 Å². The summed E-state index contributed by atoms with van der Waals surface area (Å²) in [7, 11) is 0. The lowest BCUT2D eigenvalue weighted by molar-refractivity contribution is 0.0650. The van der Waals surface area contributed by atoms with Crippen LogP contribution < -0.4 is 0 Å². The topological polar surface area (TPSA) is 115 Å². The summed E-state index contributed by atoms with van der Waals surface area (Å²) in [6, 6.07) is 6.73. The fourth-order valence-corrected chi connectivity index (χ4v) is 3.91. The second-order valence-electron chi connectivity index (χ2n) is 7.19. The molecule has 4 rings (SSSR count). The highest BCUT2D eigenvalue weighted by Crippen LogP contribution is 2.37. The summed E-state index contributed by atoms with van der Waals surface area (Å²) in [5.41, 5.74) is -0.208. The van der Waals surface area contributed by atoms with E-state index in [-0.39, 0.29) is 52.0 Å². The molecule has 7 nitrogen and oxygen atoms in total. The Morgan fingerprint density at radius 1 is 0.964 bits per heavy atom. The summed E-state index contributed by atoms with van der Waals surface area (Å²) in [4.78, 5) is 40.1. The molecule has 144 valence electrons. The minimum atomic E-state index is -0.650. The van der Waals surface area contributed by atoms with Crippen LogP contribution in [0.2, 0.25) is 0 Å². The standard InChI is InChI=1S/C21H19NO6/c23-10-11-4-6-22(7-5-11)21(28)12-8-14-18(16(25)9-12)20(27)17-13(19(14)26)2-1-3-15(17)24/h1-3,8-9,11,23-25H,4-7,10H2. The number of hydrogen-bond donors (Lipinski definition) is 3. The molecule has 1 heterocycles. The zero-order chi connectivity index (χ0) is 20.0. The quantitative estimate of drug-likeness (QED) is 0.623. The van der Waals surface area contributed by atoms with Crippen molar-refractivity contribution < 1.29 is 29.7 Å². The highest BCUT2D eigenvalue weighted by Gasteiger charge is 2.35. The van der Waals surface area contributed by atoms with Crippen molar-refractivity contribution in [2.75, 3.05) is 19.7 Å². The van der Waals surface area contributed by atoms with Crippen LogP contribution in [-0.2, 0) is 0 Å². The maximum atomic E-state index is 12.9. The van der Waals surface area contributed by atoms with Gasteiger partial charge in [0.2, 0.25) is 5.78 Å². The number of fused-ring (bicyclic) bond motifs is 2. The third kappa shape index (κ3) is 2.75. The summed E-state index contributed by atoms with van der Waals surface area (Å²) >= 11 is 0. The Morgan fingerprint density at radius 2 is 1.64 bits per heavy atom. The third-order valence-electron chi connectivity index (χ3n) is 5.51. The van der Waals surface area contributed by atoms with E-state index in [0.29, 0.717) is 25.9 Å². The summed E-state index contributed by atoms with van der Waals surface area (Å²) in [5.74, 6) is -2.13. The molecule has 28 heavy (non-hydrogen) atoms. The van der Waals surface area contributed by atoms with E-state index < -0.39 is 17.3 Å². The van der Waals surface area contributed by atoms with Gasteiger partial charge in [-0.25, -0.2) is 0 Å². The Balaban J connectivity index is 1.72. The summed E-state index contributed by atoms with van der Waals surface area (Å²) in [6.45, 7) is 1.04. The molecule has 0 spiro atoms. The monoisotopic (exact) mass is 381 g/mol. The molecule has 0 saturated carbocycles. The van der Waals surface area contributed by atoms with Gasteiger partial charge in [0.15, 0.2) is 5.78 Å². The highest BCUT2D eigenvalue weighted by atomic mass is 16.3. The first-order chi connectivity index (χ1) is 13.4. The number of nitrogens with zero attached hydrogens (tertiary/aromatic N) is 1. The Kier molecular flexibility index (Phi) is 4.39. The molecule has 0 radical (unpaired) electrons. The molecular weight excluding hydrogens is 362 g/mol. The van der Waals surface area contributed by atoms with E-state index in [2.05, 4.69) is 0 Å². The Labute approximate surface area is 160 Å². The molecule has 1 fully saturated rings. The smallest absolute Gasteiger partial charge is 0.254 e. The SMILES string of the molecule is O=C1c2cccc(O)c2C(=O)c2c(O)cc(C(=O)N3CCC(CO)CC3)cc21. The van der Waals surface area contributed by atoms with Crippen molar-refractivity contribution in [1.29, 1.82) is 0 Å². The fourth-order valence-electron chi connectivity index (χ4n) is 3.91. The van der Waals surface area contributed by atoms with Crippen LogP contribution in [0.3, 0.4) is 0 Å². The van der Waals surface area contributed by atoms with Gasteiger partial charge in [-0.1, -0.05) is 12.1 Å². The normalized spacial score (nSPS) is 16.7. The number of phenolic OH excluding ortho intramolecular Hbond substituents is 2. The van der Waals surface area contributed by atoms with Gasteiger partial charge in [0, 0.05) is 36.4 Å². The van der Waals surface area contributed by atoms with Crippen LogP contribution in [0.25, 0.3) is 0 Å². The van der Waals surface area contributed by atoms with Gasteiger partial charge in [-0.3, -0.25) is 14.4 Å². The molecule has 1 saturated heterocycles. The van der Waals surface area contributed by atoms with E-state index in [1.807, 2.05) is 0 Å². The molecule has 1 amide bonds. The number of aliphatic hydroxyl groups is 1. The maximum absolute atomic E-state index is 12.9. The lowest BCUT2D eigenvalue weighted by Crippen LogP contribution is -2.39. The van der Waals surface area contributed by atoms with Gasteiger partial charge in [-0.05, 0) is 37.0 Å². The number of likely N-dealkylation sites (tertiary alicyclic amines) is 1. The van der Waals surface area contributed by atoms with Gasteiger partial charge in [-0.2, -0.15) is 0 Å². The van der Waals surface area contributed by atoms with Crippen LogP contribution in [0.1, 0.15) is 55.0 Å². The predicted molar refractivity (Wildman–Crippen MR) is 98.8 cm³/mol. The molecule has 2 aromatic rings. The number of ketones is 2. The van der Waals surface area contributed by atoms with E-state index in [4.69, 9.17) is 0 Å². The van der Waals surface area contributed by atoms with Crippen LogP contribution in [-0.4, -0.2) is 57.4 Å². The number of hydrogen-bond acceptors (Lipinski definition) is 6. The molecule has 0 atom stereocenters. The van der Waals surface area contributed by atoms with Crippen LogP contribution >= 0.6 is 0 Å². The van der Waals surface area contributed by atoms with Gasteiger partial charge in [-0.15, -0.1) is 0 Å². The van der Waals surface area contributed by atoms with Crippen molar-refractivity contribution in [2.45, 2.75) is 12.8 Å². The van der Waals surface area contributed by atoms with Gasteiger partial charge in [0.25, 0.3) is 5.91 Å². The van der Waals surface area contributed by atoms with Crippen molar-refractivity contribution in [3.8, 4) is 11.5 Å². The van der Waals surface area contributed by atoms with Crippen molar-refractivity contribution in [3.63, 3.8) is 0 Å². The highest BCUT2D eigenvalue weighted by molar-refractivity contribution is 6.30. The van der Waals surface area contributed by atoms with Crippen molar-refractivity contribution in [3.05, 3.63) is 58.1 Å². The van der Waals surface area contributed by atoms with Crippen molar-refractivity contribution >= 4 is 17.5 Å². The molecule has 7 heteroatoms. The molecular formula is C21H19NO6. The number of piperidine rings is 1. The molecule has 1 aliphatic carbocycles. The van der Waals surface area contributed by atoms with Crippen molar-refractivity contribution in [1.82, 2.24) is 4.90 Å². The lowest BCUT2D eigenvalue weighted by Gasteiger charge is -2.31. The number of benzene rings is 2. The maximum Gasteiger partial charge on any atom is 0.254 e. The van der Waals surface area contributed by atoms with Crippen LogP contribution in [0.4, 0.5) is 0 Å². The first-order valence-electron chi connectivity index (χ1n) is 9.11. The van der Waals surface area contributed by atoms with E-state index >= 15 is 0 Å². The molecule has 2 aliphatic rings. The number of carbonyl (C=O) groups excluding carboxylic acids is 3. The van der Waals surface area contributed by atoms with E-state index in [9.17, 15) is 29.7 Å². The average molecular weight is 381 g/mol. The first-order valence-corrected chi connectivity index (χ1v) is 9.11. The molecule has 0 aromatic heterocycles. The van der Waals surface area contributed by atoms with Crippen LogP contribution in [0.15, 0.2) is 30.3 Å². The second kappa shape index (κ2) is 6.76. The number of aliphatic hydroxyl groups excluding tert-OH is 1. The fraction of sp³-hybridized carbons (Fsp3) is 0.286. The van der Waals surface area contributed by atoms with E-state index in [1.54, 1.807) is 4.90 Å². The molecule has 1 aliphatic heterocycles. The number of aromatic hydroxyl groups is 2. The van der Waals surface area contributed by atoms with Gasteiger partial charge >= 0.3 is 0 Å². The first kappa shape index (κ1) is 18.2. The lowest BCUT2D eigenvalue weighted by atomic mass is 9.82. The summed E-state index contributed by atoms with van der Waals surface area (Å²) in [6.07, 6.45) is 1.37. The predicted octanol–water partition coefficient (Wildman–Crippen LogP) is 1.72. The van der Waals surface area contributed by atoms with Crippen molar-refractivity contribution in [2.24, 2.45) is 5.92 Å². The van der Waals surface area contributed by atoms with E-state index in [0.717, 1.165) is 0 Å². The minimum absolute atomic E-state index is 0.0447. The molecule has 2 aromatic carbocycles. The molecule has 3 N–H and O–H groups in total. The van der Waals surface area contributed by atoms with Crippen LogP contribution in [0.5, 0.6) is 11.5 Å². The zero-order valence-electron chi connectivity index (χ0n) is 15.0. The van der Waals surface area contributed by atoms with Crippen LogP contribution in [0, 0.1) is 5.92 Å². The summed E-state index contributed by atoms with van der Waals surface area (Å²) < 4.78 is 0. The average Bonchev–Trinajstić information content (AvgIpc) is 2.70. The Hall–Kier alpha value is -3.19. The Bertz CT molecular complexity index is 1000. The third-order valence-corrected chi connectivity index (χ3v) is 5.51. The number of carbonyl (C=O) groups is 3. The minimum Gasteiger partial charge on any atom is -0.507 e. The number of rotatable bonds is 2. The second-order valence-corrected chi connectivity index (χ2v) is 7.19. The van der Waals surface area contributed by atoms with Gasteiger partial charge in [0.1, 0.15) is 11.5 Å². The molecule has 0 unspecified atom stereocenters. The largest absolute Gasteiger partial charge is 0.507 e. The van der Waals surface area contributed by atoms with E-state index in [1.165, 1.54) is 30.3 Å². The van der Waals surface area contributed by atoms with Gasteiger partial charge in [0.05, 0.1) is 11.1 Å². The number of phenols is 2. The summed E-state index contributed by atoms with van der Waals surface area (Å²) in [5, 5.41) is 29.6.